The van der Waals surface area contributed by atoms with E-state index in [0.717, 1.165) is 48.3 Å². The zero-order chi connectivity index (χ0) is 21.3. The lowest BCUT2D eigenvalue weighted by atomic mass is 9.78. The highest BCUT2D eigenvalue weighted by molar-refractivity contribution is 5.80. The van der Waals surface area contributed by atoms with Crippen LogP contribution in [0, 0.1) is 13.8 Å². The van der Waals surface area contributed by atoms with E-state index in [2.05, 4.69) is 0 Å². The maximum atomic E-state index is 13.3. The number of hydrogen-bond donors (Lipinski definition) is 0. The molecule has 1 aliphatic carbocycles. The fourth-order valence-corrected chi connectivity index (χ4v) is 5.33. The summed E-state index contributed by atoms with van der Waals surface area (Å²) in [5, 5.41) is 4.69. The van der Waals surface area contributed by atoms with E-state index in [0.29, 0.717) is 26.1 Å². The first-order valence-corrected chi connectivity index (χ1v) is 11.1. The quantitative estimate of drug-likeness (QED) is 0.782. The molecule has 1 aromatic heterocycles. The van der Waals surface area contributed by atoms with Gasteiger partial charge in [-0.15, -0.1) is 0 Å². The summed E-state index contributed by atoms with van der Waals surface area (Å²) < 4.78 is 1.92. The zero-order valence-corrected chi connectivity index (χ0v) is 18.4. The van der Waals surface area contributed by atoms with Gasteiger partial charge in [0.05, 0.1) is 23.3 Å². The molecule has 0 unspecified atom stereocenters. The number of piperazine rings is 1. The van der Waals surface area contributed by atoms with E-state index in [1.165, 1.54) is 6.42 Å². The molecule has 1 aromatic carbocycles. The summed E-state index contributed by atoms with van der Waals surface area (Å²) in [6, 6.07) is 10.0. The number of rotatable bonds is 3. The first-order chi connectivity index (χ1) is 14.4. The molecular weight excluding hydrogens is 376 g/mol. The molecular formula is C24H32N4O2. The topological polar surface area (TPSA) is 58.4 Å². The summed E-state index contributed by atoms with van der Waals surface area (Å²) in [4.78, 5) is 29.6. The lowest BCUT2D eigenvalue weighted by Crippen LogP contribution is -2.65. The van der Waals surface area contributed by atoms with Crippen LogP contribution in [-0.4, -0.2) is 56.6 Å². The van der Waals surface area contributed by atoms with Crippen molar-refractivity contribution >= 4 is 11.8 Å². The Kier molecular flexibility index (Phi) is 5.67. The molecule has 1 aliphatic heterocycles. The first-order valence-electron chi connectivity index (χ1n) is 11.1. The predicted octanol–water partition coefficient (Wildman–Crippen LogP) is 3.43. The highest BCUT2D eigenvalue weighted by Gasteiger charge is 2.44. The molecule has 1 saturated carbocycles. The molecule has 2 aliphatic rings. The molecule has 1 saturated heterocycles. The molecule has 0 bridgehead atoms. The van der Waals surface area contributed by atoms with Gasteiger partial charge in [-0.05, 0) is 38.8 Å². The third-order valence-electron chi connectivity index (χ3n) is 6.94. The van der Waals surface area contributed by atoms with Crippen LogP contribution in [0.1, 0.15) is 56.0 Å². The van der Waals surface area contributed by atoms with Gasteiger partial charge in [-0.3, -0.25) is 9.59 Å². The van der Waals surface area contributed by atoms with Gasteiger partial charge in [0, 0.05) is 37.8 Å². The molecule has 30 heavy (non-hydrogen) atoms. The minimum absolute atomic E-state index is 0.139. The number of amides is 2. The predicted molar refractivity (Wildman–Crippen MR) is 117 cm³/mol. The Morgan fingerprint density at radius 3 is 2.40 bits per heavy atom. The Morgan fingerprint density at radius 1 is 1.03 bits per heavy atom. The van der Waals surface area contributed by atoms with Crippen molar-refractivity contribution in [3.63, 3.8) is 0 Å². The molecule has 2 heterocycles. The van der Waals surface area contributed by atoms with Gasteiger partial charge in [0.15, 0.2) is 0 Å². The van der Waals surface area contributed by atoms with Gasteiger partial charge in [0.2, 0.25) is 11.8 Å². The molecule has 1 spiro atoms. The van der Waals surface area contributed by atoms with Gasteiger partial charge in [0.1, 0.15) is 0 Å². The summed E-state index contributed by atoms with van der Waals surface area (Å²) in [6.45, 7) is 7.60. The van der Waals surface area contributed by atoms with E-state index in [1.54, 1.807) is 6.92 Å². The van der Waals surface area contributed by atoms with Gasteiger partial charge < -0.3 is 9.80 Å². The largest absolute Gasteiger partial charge is 0.338 e. The molecule has 0 N–H and O–H groups in total. The summed E-state index contributed by atoms with van der Waals surface area (Å²) in [5.41, 5.74) is 3.76. The number of aromatic nitrogens is 2. The second-order valence-corrected chi connectivity index (χ2v) is 8.84. The summed E-state index contributed by atoms with van der Waals surface area (Å²) in [5.74, 6) is 0.279. The van der Waals surface area contributed by atoms with E-state index < -0.39 is 0 Å². The Morgan fingerprint density at radius 2 is 1.73 bits per heavy atom. The fourth-order valence-electron chi connectivity index (χ4n) is 5.33. The lowest BCUT2D eigenvalue weighted by Gasteiger charge is -2.52. The summed E-state index contributed by atoms with van der Waals surface area (Å²) in [7, 11) is 0. The minimum atomic E-state index is -0.170. The van der Waals surface area contributed by atoms with Crippen molar-refractivity contribution in [2.24, 2.45) is 0 Å². The van der Waals surface area contributed by atoms with Crippen LogP contribution in [0.25, 0.3) is 5.69 Å². The Hall–Kier alpha value is -2.63. The smallest absolute Gasteiger partial charge is 0.227 e. The van der Waals surface area contributed by atoms with Crippen molar-refractivity contribution in [2.75, 3.05) is 19.6 Å². The molecule has 2 amide bonds. The van der Waals surface area contributed by atoms with E-state index in [9.17, 15) is 9.59 Å². The van der Waals surface area contributed by atoms with Crippen LogP contribution in [0.2, 0.25) is 0 Å². The number of carbonyl (C=O) groups excluding carboxylic acids is 2. The number of nitrogens with zero attached hydrogens (tertiary/aromatic N) is 4. The van der Waals surface area contributed by atoms with E-state index in [1.807, 2.05) is 58.7 Å². The van der Waals surface area contributed by atoms with Crippen LogP contribution in [0.15, 0.2) is 30.3 Å². The Labute approximate surface area is 178 Å². The lowest BCUT2D eigenvalue weighted by molar-refractivity contribution is -0.150. The SMILES string of the molecule is CC(=O)N1CCN(C(=O)Cc2c(C)nn(-c3ccccc3)c2C)CC12CCCCC2. The molecule has 6 nitrogen and oxygen atoms in total. The minimum Gasteiger partial charge on any atom is -0.338 e. The highest BCUT2D eigenvalue weighted by Crippen LogP contribution is 2.37. The number of aryl methyl sites for hydroxylation is 1. The van der Waals surface area contributed by atoms with Crippen LogP contribution in [0.4, 0.5) is 0 Å². The normalized spacial score (nSPS) is 18.6. The van der Waals surface area contributed by atoms with E-state index in [-0.39, 0.29) is 17.4 Å². The van der Waals surface area contributed by atoms with Crippen LogP contribution in [0.5, 0.6) is 0 Å². The Balaban J connectivity index is 1.53. The molecule has 160 valence electrons. The van der Waals surface area contributed by atoms with Crippen molar-refractivity contribution < 1.29 is 9.59 Å². The van der Waals surface area contributed by atoms with Crippen LogP contribution >= 0.6 is 0 Å². The van der Waals surface area contributed by atoms with Gasteiger partial charge in [-0.25, -0.2) is 4.68 Å². The van der Waals surface area contributed by atoms with Gasteiger partial charge in [-0.1, -0.05) is 37.5 Å². The maximum Gasteiger partial charge on any atom is 0.227 e. The second kappa shape index (κ2) is 8.25. The zero-order valence-electron chi connectivity index (χ0n) is 18.4. The van der Waals surface area contributed by atoms with Crippen molar-refractivity contribution in [1.82, 2.24) is 19.6 Å². The van der Waals surface area contributed by atoms with Crippen molar-refractivity contribution in [1.29, 1.82) is 0 Å². The van der Waals surface area contributed by atoms with Crippen LogP contribution in [0.3, 0.4) is 0 Å². The third kappa shape index (κ3) is 3.75. The first kappa shape index (κ1) is 20.6. The van der Waals surface area contributed by atoms with Gasteiger partial charge in [0.25, 0.3) is 0 Å². The fraction of sp³-hybridized carbons (Fsp3) is 0.542. The average molecular weight is 409 g/mol. The van der Waals surface area contributed by atoms with Crippen molar-refractivity contribution in [3.8, 4) is 5.69 Å². The standard InChI is InChI=1S/C24H32N4O2/c1-18-22(19(2)28(25-18)21-10-6-4-7-11-21)16-23(30)26-14-15-27(20(3)29)24(17-26)12-8-5-9-13-24/h4,6-7,10-11H,5,8-9,12-17H2,1-3H3. The summed E-state index contributed by atoms with van der Waals surface area (Å²) >= 11 is 0. The van der Waals surface area contributed by atoms with Crippen LogP contribution in [-0.2, 0) is 16.0 Å². The molecule has 2 fully saturated rings. The highest BCUT2D eigenvalue weighted by atomic mass is 16.2. The third-order valence-corrected chi connectivity index (χ3v) is 6.94. The molecule has 4 rings (SSSR count). The molecule has 6 heteroatoms. The molecule has 0 radical (unpaired) electrons. The molecule has 2 aromatic rings. The number of carbonyl (C=O) groups is 2. The van der Waals surface area contributed by atoms with Crippen molar-refractivity contribution in [3.05, 3.63) is 47.3 Å². The van der Waals surface area contributed by atoms with E-state index in [4.69, 9.17) is 5.10 Å². The van der Waals surface area contributed by atoms with Crippen molar-refractivity contribution in [2.45, 2.75) is 64.8 Å². The summed E-state index contributed by atoms with van der Waals surface area (Å²) in [6.07, 6.45) is 5.85. The van der Waals surface area contributed by atoms with Crippen LogP contribution < -0.4 is 0 Å². The number of hydrogen-bond acceptors (Lipinski definition) is 3. The maximum absolute atomic E-state index is 13.3. The second-order valence-electron chi connectivity index (χ2n) is 8.84. The average Bonchev–Trinajstić information content (AvgIpc) is 3.03. The number of para-hydroxylation sites is 1. The van der Waals surface area contributed by atoms with Gasteiger partial charge in [-0.2, -0.15) is 5.10 Å². The Bertz CT molecular complexity index is 928. The van der Waals surface area contributed by atoms with E-state index >= 15 is 0 Å². The number of benzene rings is 1. The molecule has 0 atom stereocenters. The van der Waals surface area contributed by atoms with Gasteiger partial charge >= 0.3 is 0 Å². The monoisotopic (exact) mass is 408 g/mol.